The number of carboxylic acids is 1. The number of carbonyl (C=O) groups is 2. The van der Waals surface area contributed by atoms with Crippen molar-refractivity contribution in [3.05, 3.63) is 35.1 Å². The van der Waals surface area contributed by atoms with Crippen LogP contribution in [0.15, 0.2) is 18.2 Å². The number of hydrogen-bond acceptors (Lipinski definition) is 3. The number of benzene rings is 1. The monoisotopic (exact) mass is 281 g/mol. The summed E-state index contributed by atoms with van der Waals surface area (Å²) >= 11 is 0. The molecule has 1 aromatic carbocycles. The Morgan fingerprint density at radius 1 is 1.45 bits per heavy atom. The third-order valence-corrected chi connectivity index (χ3v) is 3.32. The fourth-order valence-corrected chi connectivity index (χ4v) is 2.18. The largest absolute Gasteiger partial charge is 0.479 e. The van der Waals surface area contributed by atoms with Gasteiger partial charge in [-0.25, -0.2) is 9.18 Å². The topological polar surface area (TPSA) is 75.6 Å². The number of rotatable bonds is 4. The van der Waals surface area contributed by atoms with Crippen LogP contribution in [-0.4, -0.2) is 35.7 Å². The molecule has 0 aromatic heterocycles. The van der Waals surface area contributed by atoms with Crippen LogP contribution >= 0.6 is 0 Å². The Morgan fingerprint density at radius 3 is 2.85 bits per heavy atom. The van der Waals surface area contributed by atoms with Crippen molar-refractivity contribution >= 4 is 11.9 Å². The zero-order valence-electron chi connectivity index (χ0n) is 11.1. The summed E-state index contributed by atoms with van der Waals surface area (Å²) in [6.45, 7) is 1.94. The van der Waals surface area contributed by atoms with E-state index in [1.807, 2.05) is 0 Å². The van der Waals surface area contributed by atoms with Crippen LogP contribution in [0, 0.1) is 12.7 Å². The fraction of sp³-hybridized carbons (Fsp3) is 0.429. The Morgan fingerprint density at radius 2 is 2.20 bits per heavy atom. The van der Waals surface area contributed by atoms with Crippen LogP contribution in [0.25, 0.3) is 0 Å². The Labute approximate surface area is 115 Å². The van der Waals surface area contributed by atoms with Crippen molar-refractivity contribution in [2.45, 2.75) is 32.0 Å². The van der Waals surface area contributed by atoms with Gasteiger partial charge < -0.3 is 15.2 Å². The maximum absolute atomic E-state index is 13.1. The van der Waals surface area contributed by atoms with E-state index in [0.29, 0.717) is 18.4 Å². The Kier molecular flexibility index (Phi) is 4.34. The van der Waals surface area contributed by atoms with Gasteiger partial charge >= 0.3 is 5.97 Å². The fourth-order valence-electron chi connectivity index (χ4n) is 2.18. The first-order valence-electron chi connectivity index (χ1n) is 6.40. The summed E-state index contributed by atoms with van der Waals surface area (Å²) in [5.41, 5.74) is 0.956. The summed E-state index contributed by atoms with van der Waals surface area (Å²) in [7, 11) is 0. The summed E-state index contributed by atoms with van der Waals surface area (Å²) in [6, 6.07) is 4.01. The predicted molar refractivity (Wildman–Crippen MR) is 69.0 cm³/mol. The van der Waals surface area contributed by atoms with Gasteiger partial charge in [-0.1, -0.05) is 6.07 Å². The second-order valence-electron chi connectivity index (χ2n) is 4.83. The van der Waals surface area contributed by atoms with E-state index < -0.39 is 17.9 Å². The van der Waals surface area contributed by atoms with Crippen LogP contribution < -0.4 is 5.32 Å². The molecule has 1 heterocycles. The molecule has 6 heteroatoms. The lowest BCUT2D eigenvalue weighted by atomic mass is 10.1. The average Bonchev–Trinajstić information content (AvgIpc) is 2.88. The molecule has 2 unspecified atom stereocenters. The summed E-state index contributed by atoms with van der Waals surface area (Å²) in [5.74, 6) is -1.84. The van der Waals surface area contributed by atoms with Crippen molar-refractivity contribution < 1.29 is 23.8 Å². The van der Waals surface area contributed by atoms with E-state index in [1.54, 1.807) is 6.92 Å². The van der Waals surface area contributed by atoms with Crippen molar-refractivity contribution in [2.24, 2.45) is 0 Å². The van der Waals surface area contributed by atoms with Gasteiger partial charge in [0.15, 0.2) is 6.10 Å². The molecule has 5 nitrogen and oxygen atoms in total. The maximum atomic E-state index is 13.1. The Bertz CT molecular complexity index is 532. The van der Waals surface area contributed by atoms with E-state index >= 15 is 0 Å². The minimum Gasteiger partial charge on any atom is -0.479 e. The molecule has 0 bridgehead atoms. The molecule has 2 N–H and O–H groups in total. The molecule has 1 saturated heterocycles. The van der Waals surface area contributed by atoms with E-state index in [-0.39, 0.29) is 24.1 Å². The van der Waals surface area contributed by atoms with Crippen molar-refractivity contribution in [1.82, 2.24) is 5.32 Å². The number of halogens is 1. The molecule has 1 fully saturated rings. The molecule has 108 valence electrons. The highest BCUT2D eigenvalue weighted by Crippen LogP contribution is 2.19. The van der Waals surface area contributed by atoms with Gasteiger partial charge in [0.25, 0.3) is 5.91 Å². The number of hydrogen-bond donors (Lipinski definition) is 2. The number of carbonyl (C=O) groups excluding carboxylic acids is 1. The van der Waals surface area contributed by atoms with Crippen LogP contribution in [-0.2, 0) is 9.53 Å². The molecule has 0 aliphatic carbocycles. The Balaban J connectivity index is 1.90. The van der Waals surface area contributed by atoms with Crippen LogP contribution in [0.3, 0.4) is 0 Å². The minimum absolute atomic E-state index is 0.221. The lowest BCUT2D eigenvalue weighted by molar-refractivity contribution is -0.149. The van der Waals surface area contributed by atoms with E-state index in [2.05, 4.69) is 5.32 Å². The minimum atomic E-state index is -0.986. The summed E-state index contributed by atoms with van der Waals surface area (Å²) in [6.07, 6.45) is -0.0874. The predicted octanol–water partition coefficient (Wildman–Crippen LogP) is 1.50. The summed E-state index contributed by atoms with van der Waals surface area (Å²) in [5, 5.41) is 11.4. The lowest BCUT2D eigenvalue weighted by Crippen LogP contribution is -2.33. The van der Waals surface area contributed by atoms with E-state index in [4.69, 9.17) is 9.84 Å². The normalized spacial score (nSPS) is 21.7. The number of nitrogens with one attached hydrogen (secondary N) is 1. The third kappa shape index (κ3) is 3.33. The highest BCUT2D eigenvalue weighted by molar-refractivity contribution is 5.95. The number of aliphatic carboxylic acids is 1. The highest BCUT2D eigenvalue weighted by Gasteiger charge is 2.30. The molecular weight excluding hydrogens is 265 g/mol. The summed E-state index contributed by atoms with van der Waals surface area (Å²) < 4.78 is 18.4. The zero-order valence-corrected chi connectivity index (χ0v) is 11.1. The van der Waals surface area contributed by atoms with Crippen LogP contribution in [0.4, 0.5) is 4.39 Å². The highest BCUT2D eigenvalue weighted by atomic mass is 19.1. The Hall–Kier alpha value is -1.95. The molecule has 0 saturated carbocycles. The molecule has 20 heavy (non-hydrogen) atoms. The van der Waals surface area contributed by atoms with Gasteiger partial charge in [0, 0.05) is 12.1 Å². The van der Waals surface area contributed by atoms with E-state index in [9.17, 15) is 14.0 Å². The van der Waals surface area contributed by atoms with Crippen molar-refractivity contribution in [2.75, 3.05) is 6.54 Å². The number of amides is 1. The van der Waals surface area contributed by atoms with Crippen LogP contribution in [0.1, 0.15) is 28.8 Å². The number of ether oxygens (including phenoxy) is 1. The quantitative estimate of drug-likeness (QED) is 0.877. The number of carboxylic acid groups (broad SMARTS) is 1. The van der Waals surface area contributed by atoms with Crippen molar-refractivity contribution in [1.29, 1.82) is 0 Å². The standard InChI is InChI=1S/C14H16FNO4/c1-8-2-3-9(15)6-11(8)13(17)16-7-10-4-5-12(20-10)14(18)19/h2-3,6,10,12H,4-5,7H2,1H3,(H,16,17)(H,18,19). The van der Waals surface area contributed by atoms with E-state index in [1.165, 1.54) is 18.2 Å². The molecule has 2 atom stereocenters. The van der Waals surface area contributed by atoms with Gasteiger partial charge in [0.05, 0.1) is 6.10 Å². The van der Waals surface area contributed by atoms with Gasteiger partial charge in [-0.05, 0) is 37.5 Å². The molecule has 1 aromatic rings. The van der Waals surface area contributed by atoms with Gasteiger partial charge in [-0.2, -0.15) is 0 Å². The lowest BCUT2D eigenvalue weighted by Gasteiger charge is -2.13. The van der Waals surface area contributed by atoms with Gasteiger partial charge in [-0.3, -0.25) is 4.79 Å². The second kappa shape index (κ2) is 6.00. The smallest absolute Gasteiger partial charge is 0.332 e. The van der Waals surface area contributed by atoms with Gasteiger partial charge in [-0.15, -0.1) is 0 Å². The van der Waals surface area contributed by atoms with Crippen molar-refractivity contribution in [3.8, 4) is 0 Å². The molecule has 2 rings (SSSR count). The summed E-state index contributed by atoms with van der Waals surface area (Å²) in [4.78, 5) is 22.7. The number of aryl methyl sites for hydroxylation is 1. The van der Waals surface area contributed by atoms with Gasteiger partial charge in [0.1, 0.15) is 5.82 Å². The third-order valence-electron chi connectivity index (χ3n) is 3.32. The van der Waals surface area contributed by atoms with E-state index in [0.717, 1.165) is 0 Å². The molecule has 0 spiro atoms. The zero-order chi connectivity index (χ0) is 14.7. The molecule has 0 radical (unpaired) electrons. The first-order valence-corrected chi connectivity index (χ1v) is 6.40. The van der Waals surface area contributed by atoms with Crippen molar-refractivity contribution in [3.63, 3.8) is 0 Å². The molecule has 1 aliphatic rings. The van der Waals surface area contributed by atoms with Crippen LogP contribution in [0.5, 0.6) is 0 Å². The molecular formula is C14H16FNO4. The molecule has 1 amide bonds. The first kappa shape index (κ1) is 14.5. The molecule has 1 aliphatic heterocycles. The second-order valence-corrected chi connectivity index (χ2v) is 4.83. The van der Waals surface area contributed by atoms with Crippen LogP contribution in [0.2, 0.25) is 0 Å². The first-order chi connectivity index (χ1) is 9.47. The van der Waals surface area contributed by atoms with Gasteiger partial charge in [0.2, 0.25) is 0 Å². The maximum Gasteiger partial charge on any atom is 0.332 e. The SMILES string of the molecule is Cc1ccc(F)cc1C(=O)NCC1CCC(C(=O)O)O1. The average molecular weight is 281 g/mol.